The Bertz CT molecular complexity index is 878. The number of carbonyl (C=O) groups excluding carboxylic acids is 2. The summed E-state index contributed by atoms with van der Waals surface area (Å²) in [5.74, 6) is 0.581. The van der Waals surface area contributed by atoms with Crippen LogP contribution >= 0.6 is 34.3 Å². The summed E-state index contributed by atoms with van der Waals surface area (Å²) in [5, 5.41) is 9.76. The molecule has 4 rings (SSSR count). The Balaban J connectivity index is 1.31. The molecule has 156 valence electrons. The van der Waals surface area contributed by atoms with Crippen molar-refractivity contribution in [3.05, 3.63) is 26.2 Å². The monoisotopic (exact) mass is 455 g/mol. The quantitative estimate of drug-likeness (QED) is 0.618. The number of methoxy groups -OCH3 is 1. The Morgan fingerprint density at radius 2 is 2.24 bits per heavy atom. The number of thiazole rings is 1. The number of nitrogens with zero attached hydrogens (tertiary/aromatic N) is 2. The minimum atomic E-state index is -0.197. The van der Waals surface area contributed by atoms with E-state index in [-0.39, 0.29) is 30.5 Å². The number of thiophene rings is 1. The normalized spacial score (nSPS) is 21.4. The van der Waals surface area contributed by atoms with Gasteiger partial charge in [0.1, 0.15) is 5.82 Å². The third-order valence-electron chi connectivity index (χ3n) is 4.94. The molecule has 1 fully saturated rings. The molecule has 4 heterocycles. The van der Waals surface area contributed by atoms with Crippen LogP contribution in [0.2, 0.25) is 4.34 Å². The van der Waals surface area contributed by atoms with Gasteiger partial charge in [-0.15, -0.1) is 11.3 Å². The van der Waals surface area contributed by atoms with Gasteiger partial charge in [-0.25, -0.2) is 4.98 Å². The number of anilines is 2. The van der Waals surface area contributed by atoms with E-state index in [2.05, 4.69) is 20.9 Å². The number of amides is 2. The van der Waals surface area contributed by atoms with Gasteiger partial charge in [0, 0.05) is 26.7 Å². The lowest BCUT2D eigenvalue weighted by molar-refractivity contribution is -0.117. The average Bonchev–Trinajstić information content (AvgIpc) is 3.39. The number of halogens is 1. The highest BCUT2D eigenvalue weighted by Gasteiger charge is 2.35. The zero-order valence-electron chi connectivity index (χ0n) is 15.9. The largest absolute Gasteiger partial charge is 0.378 e. The molecule has 2 aromatic heterocycles. The summed E-state index contributed by atoms with van der Waals surface area (Å²) in [5.41, 5.74) is 0. The number of likely N-dealkylation sites (tertiary alicyclic amines) is 1. The highest BCUT2D eigenvalue weighted by Crippen LogP contribution is 2.30. The first-order valence-electron chi connectivity index (χ1n) is 9.36. The zero-order valence-corrected chi connectivity index (χ0v) is 18.3. The molecular weight excluding hydrogens is 434 g/mol. The van der Waals surface area contributed by atoms with Gasteiger partial charge in [0.2, 0.25) is 5.91 Å². The van der Waals surface area contributed by atoms with Crippen molar-refractivity contribution < 1.29 is 14.3 Å². The van der Waals surface area contributed by atoms with Crippen molar-refractivity contribution in [1.29, 1.82) is 0 Å². The van der Waals surface area contributed by atoms with Gasteiger partial charge < -0.3 is 20.7 Å². The number of hydrogen-bond acceptors (Lipinski definition) is 8. The second-order valence-corrected chi connectivity index (χ2v) is 9.82. The Kier molecular flexibility index (Phi) is 6.35. The average molecular weight is 456 g/mol. The third kappa shape index (κ3) is 4.89. The van der Waals surface area contributed by atoms with Crippen molar-refractivity contribution in [3.8, 4) is 0 Å². The Hall–Kier alpha value is -1.72. The fourth-order valence-electron chi connectivity index (χ4n) is 3.56. The number of hydrogen-bond donors (Lipinski definition) is 3. The summed E-state index contributed by atoms with van der Waals surface area (Å²) < 4.78 is 6.09. The summed E-state index contributed by atoms with van der Waals surface area (Å²) in [4.78, 5) is 33.1. The molecule has 0 spiro atoms. The number of aryl methyl sites for hydroxylation is 1. The number of carbonyl (C=O) groups is 2. The first-order chi connectivity index (χ1) is 14.0. The molecule has 11 heteroatoms. The predicted octanol–water partition coefficient (Wildman–Crippen LogP) is 2.28. The summed E-state index contributed by atoms with van der Waals surface area (Å²) >= 11 is 8.67. The lowest BCUT2D eigenvalue weighted by atomic mass is 10.2. The summed E-state index contributed by atoms with van der Waals surface area (Å²) in [6.45, 7) is 2.23. The minimum Gasteiger partial charge on any atom is -0.378 e. The molecule has 0 radical (unpaired) electrons. The first kappa shape index (κ1) is 20.5. The number of rotatable bonds is 6. The fraction of sp³-hybridized carbons (Fsp3) is 0.500. The minimum absolute atomic E-state index is 0.122. The van der Waals surface area contributed by atoms with Crippen molar-refractivity contribution in [1.82, 2.24) is 15.2 Å². The van der Waals surface area contributed by atoms with E-state index in [4.69, 9.17) is 16.3 Å². The van der Waals surface area contributed by atoms with Crippen molar-refractivity contribution in [3.63, 3.8) is 0 Å². The summed E-state index contributed by atoms with van der Waals surface area (Å²) in [6.07, 6.45) is 1.90. The second kappa shape index (κ2) is 8.97. The molecule has 2 amide bonds. The van der Waals surface area contributed by atoms with Crippen molar-refractivity contribution in [2.24, 2.45) is 0 Å². The molecule has 2 atom stereocenters. The molecule has 0 aromatic carbocycles. The van der Waals surface area contributed by atoms with E-state index in [1.807, 2.05) is 4.90 Å². The van der Waals surface area contributed by atoms with Crippen LogP contribution in [0.1, 0.15) is 21.0 Å². The van der Waals surface area contributed by atoms with Crippen molar-refractivity contribution >= 4 is 57.0 Å². The first-order valence-corrected chi connectivity index (χ1v) is 11.4. The van der Waals surface area contributed by atoms with E-state index in [1.54, 1.807) is 19.2 Å². The highest BCUT2D eigenvalue weighted by molar-refractivity contribution is 7.18. The van der Waals surface area contributed by atoms with Gasteiger partial charge in [0.05, 0.1) is 32.8 Å². The number of ether oxygens (including phenoxy) is 1. The fourth-order valence-corrected chi connectivity index (χ4v) is 5.51. The van der Waals surface area contributed by atoms with Crippen molar-refractivity contribution in [2.75, 3.05) is 43.9 Å². The second-order valence-electron chi connectivity index (χ2n) is 7.02. The molecule has 1 saturated heterocycles. The maximum Gasteiger partial charge on any atom is 0.261 e. The molecule has 2 aliphatic rings. The predicted molar refractivity (Wildman–Crippen MR) is 115 cm³/mol. The molecule has 2 aliphatic heterocycles. The Morgan fingerprint density at radius 3 is 2.97 bits per heavy atom. The molecule has 2 aromatic rings. The van der Waals surface area contributed by atoms with E-state index < -0.39 is 0 Å². The van der Waals surface area contributed by atoms with Crippen molar-refractivity contribution in [2.45, 2.75) is 25.0 Å². The smallest absolute Gasteiger partial charge is 0.261 e. The van der Waals surface area contributed by atoms with E-state index in [1.165, 1.54) is 27.6 Å². The maximum absolute atomic E-state index is 12.5. The van der Waals surface area contributed by atoms with Crippen LogP contribution in [-0.2, 0) is 16.0 Å². The molecule has 3 N–H and O–H groups in total. The molecule has 0 bridgehead atoms. The van der Waals surface area contributed by atoms with Gasteiger partial charge in [-0.1, -0.05) is 22.9 Å². The van der Waals surface area contributed by atoms with Crippen LogP contribution in [0.4, 0.5) is 10.9 Å². The van der Waals surface area contributed by atoms with E-state index in [9.17, 15) is 9.59 Å². The molecule has 8 nitrogen and oxygen atoms in total. The van der Waals surface area contributed by atoms with Crippen LogP contribution < -0.4 is 16.0 Å². The standard InChI is InChI=1S/C18H22ClN5O3S2/c1-27-11-8-24(7-10(11)21-17(26)13-4-5-14(19)28-13)9-15(25)22-18-23-16-12(29-18)3-2-6-20-16/h4-5,10-11,20H,2-3,6-9H2,1H3,(H,21,26)(H,22,23,25)/t10-,11-/m0/s1. The molecule has 0 unspecified atom stereocenters. The van der Waals surface area contributed by atoms with Crippen LogP contribution in [0.25, 0.3) is 0 Å². The lowest BCUT2D eigenvalue weighted by Crippen LogP contribution is -2.43. The molecular formula is C18H22ClN5O3S2. The highest BCUT2D eigenvalue weighted by atomic mass is 35.5. The van der Waals surface area contributed by atoms with E-state index in [0.717, 1.165) is 25.2 Å². The Morgan fingerprint density at radius 1 is 1.38 bits per heavy atom. The summed E-state index contributed by atoms with van der Waals surface area (Å²) in [7, 11) is 1.61. The zero-order chi connectivity index (χ0) is 20.4. The Labute approximate surface area is 181 Å². The van der Waals surface area contributed by atoms with Gasteiger partial charge in [0.25, 0.3) is 5.91 Å². The maximum atomic E-state index is 12.5. The topological polar surface area (TPSA) is 95.6 Å². The molecule has 0 saturated carbocycles. The van der Waals surface area contributed by atoms with Crippen LogP contribution in [0, 0.1) is 0 Å². The number of aromatic nitrogens is 1. The van der Waals surface area contributed by atoms with Gasteiger partial charge >= 0.3 is 0 Å². The lowest BCUT2D eigenvalue weighted by Gasteiger charge is -2.17. The SMILES string of the molecule is CO[C@H]1CN(CC(=O)Nc2nc3c(s2)CCCN3)C[C@@H]1NC(=O)c1ccc(Cl)s1. The van der Waals surface area contributed by atoms with Gasteiger partial charge in [-0.3, -0.25) is 14.5 Å². The van der Waals surface area contributed by atoms with Gasteiger partial charge in [-0.2, -0.15) is 0 Å². The molecule has 0 aliphatic carbocycles. The van der Waals surface area contributed by atoms with Gasteiger partial charge in [-0.05, 0) is 25.0 Å². The van der Waals surface area contributed by atoms with E-state index >= 15 is 0 Å². The number of fused-ring (bicyclic) bond motifs is 1. The summed E-state index contributed by atoms with van der Waals surface area (Å²) in [6, 6.07) is 3.21. The van der Waals surface area contributed by atoms with Crippen LogP contribution in [-0.4, -0.2) is 67.1 Å². The van der Waals surface area contributed by atoms with Gasteiger partial charge in [0.15, 0.2) is 5.13 Å². The number of nitrogens with one attached hydrogen (secondary N) is 3. The molecule has 29 heavy (non-hydrogen) atoms. The van der Waals surface area contributed by atoms with Crippen LogP contribution in [0.5, 0.6) is 0 Å². The van der Waals surface area contributed by atoms with Crippen LogP contribution in [0.15, 0.2) is 12.1 Å². The van der Waals surface area contributed by atoms with E-state index in [0.29, 0.717) is 27.4 Å². The third-order valence-corrected chi connectivity index (χ3v) is 7.20. The van der Waals surface area contributed by atoms with Crippen LogP contribution in [0.3, 0.4) is 0 Å².